The fraction of sp³-hybridized carbons (Fsp3) is 0.294. The van der Waals surface area contributed by atoms with Crippen LogP contribution in [0.1, 0.15) is 12.5 Å². The summed E-state index contributed by atoms with van der Waals surface area (Å²) in [6.07, 6.45) is 0. The van der Waals surface area contributed by atoms with Crippen molar-refractivity contribution in [3.63, 3.8) is 0 Å². The third-order valence-electron chi connectivity index (χ3n) is 4.09. The van der Waals surface area contributed by atoms with Gasteiger partial charge in [-0.3, -0.25) is 0 Å². The van der Waals surface area contributed by atoms with Crippen LogP contribution in [0, 0.1) is 5.82 Å². The first-order valence-electron chi connectivity index (χ1n) is 7.10. The first kappa shape index (κ1) is 14.4. The third kappa shape index (κ3) is 2.76. The van der Waals surface area contributed by atoms with Gasteiger partial charge in [-0.1, -0.05) is 48.0 Å². The zero-order valence-electron chi connectivity index (χ0n) is 11.9. The molecule has 0 bridgehead atoms. The zero-order valence-corrected chi connectivity index (χ0v) is 12.7. The lowest BCUT2D eigenvalue weighted by Gasteiger charge is -2.43. The molecule has 1 aliphatic rings. The molecule has 0 amide bonds. The Bertz CT molecular complexity index is 632. The molecule has 21 heavy (non-hydrogen) atoms. The lowest BCUT2D eigenvalue weighted by molar-refractivity contribution is 0.330. The highest BCUT2D eigenvalue weighted by Crippen LogP contribution is 2.31. The summed E-state index contributed by atoms with van der Waals surface area (Å²) in [5.74, 6) is -0.337. The van der Waals surface area contributed by atoms with Gasteiger partial charge in [-0.25, -0.2) is 4.39 Å². The van der Waals surface area contributed by atoms with Crippen LogP contribution in [0.3, 0.4) is 0 Å². The summed E-state index contributed by atoms with van der Waals surface area (Å²) in [5, 5.41) is 3.72. The topological polar surface area (TPSA) is 15.3 Å². The van der Waals surface area contributed by atoms with E-state index < -0.39 is 0 Å². The van der Waals surface area contributed by atoms with Crippen molar-refractivity contribution in [3.05, 3.63) is 64.9 Å². The molecule has 1 N–H and O–H groups in total. The van der Waals surface area contributed by atoms with Crippen molar-refractivity contribution < 1.29 is 4.39 Å². The van der Waals surface area contributed by atoms with Gasteiger partial charge in [0.1, 0.15) is 0 Å². The fourth-order valence-electron chi connectivity index (χ4n) is 2.93. The van der Waals surface area contributed by atoms with E-state index in [2.05, 4.69) is 29.3 Å². The average molecular weight is 305 g/mol. The second-order valence-corrected chi connectivity index (χ2v) is 6.03. The summed E-state index contributed by atoms with van der Waals surface area (Å²) in [6.45, 7) is 4.42. The molecule has 4 heteroatoms. The molecular formula is C17H18ClFN2. The van der Waals surface area contributed by atoms with Crippen LogP contribution < -0.4 is 10.2 Å². The molecule has 2 aromatic carbocycles. The summed E-state index contributed by atoms with van der Waals surface area (Å²) in [5.41, 5.74) is 1.58. The van der Waals surface area contributed by atoms with E-state index in [0.29, 0.717) is 12.2 Å². The molecular weight excluding hydrogens is 287 g/mol. The molecule has 0 saturated carbocycles. The van der Waals surface area contributed by atoms with E-state index in [-0.39, 0.29) is 16.4 Å². The predicted octanol–water partition coefficient (Wildman–Crippen LogP) is 3.80. The predicted molar refractivity (Wildman–Crippen MR) is 85.4 cm³/mol. The normalized spacial score (nSPS) is 22.3. The van der Waals surface area contributed by atoms with Crippen LogP contribution in [-0.4, -0.2) is 19.6 Å². The highest BCUT2D eigenvalue weighted by molar-refractivity contribution is 6.31. The van der Waals surface area contributed by atoms with Gasteiger partial charge in [-0.15, -0.1) is 0 Å². The molecule has 0 spiro atoms. The monoisotopic (exact) mass is 304 g/mol. The van der Waals surface area contributed by atoms with Gasteiger partial charge in [-0.05, 0) is 24.6 Å². The first-order valence-corrected chi connectivity index (χ1v) is 7.47. The SMILES string of the molecule is CC1(c2ccccc2)CN(c2cccc(Cl)c2F)CCN1. The van der Waals surface area contributed by atoms with Crippen molar-refractivity contribution in [3.8, 4) is 0 Å². The Morgan fingerprint density at radius 1 is 1.14 bits per heavy atom. The minimum atomic E-state index is -0.337. The van der Waals surface area contributed by atoms with Gasteiger partial charge >= 0.3 is 0 Å². The van der Waals surface area contributed by atoms with Crippen LogP contribution in [0.25, 0.3) is 0 Å². The van der Waals surface area contributed by atoms with Gasteiger partial charge in [0.2, 0.25) is 0 Å². The zero-order chi connectivity index (χ0) is 14.9. The number of anilines is 1. The highest BCUT2D eigenvalue weighted by Gasteiger charge is 2.33. The van der Waals surface area contributed by atoms with E-state index in [4.69, 9.17) is 11.6 Å². The third-order valence-corrected chi connectivity index (χ3v) is 4.38. The van der Waals surface area contributed by atoms with Crippen molar-refractivity contribution >= 4 is 17.3 Å². The van der Waals surface area contributed by atoms with E-state index >= 15 is 0 Å². The van der Waals surface area contributed by atoms with Crippen molar-refractivity contribution in [1.82, 2.24) is 5.32 Å². The number of nitrogens with zero attached hydrogens (tertiary/aromatic N) is 1. The number of hydrogen-bond donors (Lipinski definition) is 1. The Balaban J connectivity index is 1.91. The molecule has 1 unspecified atom stereocenters. The molecule has 2 aromatic rings. The standard InChI is InChI=1S/C17H18ClFN2/c1-17(13-6-3-2-4-7-13)12-21(11-10-20-17)15-9-5-8-14(18)16(15)19/h2-9,20H,10-12H2,1H3. The van der Waals surface area contributed by atoms with Crippen molar-refractivity contribution in [2.45, 2.75) is 12.5 Å². The van der Waals surface area contributed by atoms with Gasteiger partial charge < -0.3 is 10.2 Å². The summed E-state index contributed by atoms with van der Waals surface area (Å²) >= 11 is 5.90. The number of piperazine rings is 1. The lowest BCUT2D eigenvalue weighted by Crippen LogP contribution is -2.57. The number of rotatable bonds is 2. The van der Waals surface area contributed by atoms with Crippen LogP contribution >= 0.6 is 11.6 Å². The van der Waals surface area contributed by atoms with Gasteiger partial charge in [0, 0.05) is 19.6 Å². The molecule has 0 aliphatic carbocycles. The van der Waals surface area contributed by atoms with Gasteiger partial charge in [-0.2, -0.15) is 0 Å². The van der Waals surface area contributed by atoms with E-state index in [1.54, 1.807) is 18.2 Å². The minimum Gasteiger partial charge on any atom is -0.366 e. The Morgan fingerprint density at radius 2 is 1.90 bits per heavy atom. The Kier molecular flexibility index (Phi) is 3.87. The smallest absolute Gasteiger partial charge is 0.165 e. The molecule has 2 nitrogen and oxygen atoms in total. The average Bonchev–Trinajstić information content (AvgIpc) is 2.51. The maximum atomic E-state index is 14.2. The number of nitrogens with one attached hydrogen (secondary N) is 1. The highest BCUT2D eigenvalue weighted by atomic mass is 35.5. The molecule has 1 heterocycles. The van der Waals surface area contributed by atoms with Crippen LogP contribution in [0.4, 0.5) is 10.1 Å². The quantitative estimate of drug-likeness (QED) is 0.908. The van der Waals surface area contributed by atoms with Crippen molar-refractivity contribution in [1.29, 1.82) is 0 Å². The van der Waals surface area contributed by atoms with Crippen LogP contribution in [0.15, 0.2) is 48.5 Å². The van der Waals surface area contributed by atoms with E-state index in [0.717, 1.165) is 13.1 Å². The summed E-state index contributed by atoms with van der Waals surface area (Å²) in [6, 6.07) is 15.4. The van der Waals surface area contributed by atoms with Gasteiger partial charge in [0.15, 0.2) is 5.82 Å². The van der Waals surface area contributed by atoms with Gasteiger partial charge in [0.05, 0.1) is 16.2 Å². The largest absolute Gasteiger partial charge is 0.366 e. The molecule has 110 valence electrons. The van der Waals surface area contributed by atoms with Crippen LogP contribution in [0.2, 0.25) is 5.02 Å². The molecule has 3 rings (SSSR count). The molecule has 1 saturated heterocycles. The Labute approximate surface area is 129 Å². The molecule has 1 atom stereocenters. The number of benzene rings is 2. The molecule has 1 aliphatic heterocycles. The number of halogens is 2. The maximum absolute atomic E-state index is 14.2. The molecule has 0 radical (unpaired) electrons. The van der Waals surface area contributed by atoms with Crippen LogP contribution in [-0.2, 0) is 5.54 Å². The molecule has 0 aromatic heterocycles. The fourth-order valence-corrected chi connectivity index (χ4v) is 3.09. The van der Waals surface area contributed by atoms with Crippen molar-refractivity contribution in [2.24, 2.45) is 0 Å². The van der Waals surface area contributed by atoms with E-state index in [1.165, 1.54) is 5.56 Å². The summed E-state index contributed by atoms with van der Waals surface area (Å²) in [4.78, 5) is 2.06. The maximum Gasteiger partial charge on any atom is 0.165 e. The minimum absolute atomic E-state index is 0.174. The first-order chi connectivity index (χ1) is 10.1. The molecule has 1 fully saturated rings. The second kappa shape index (κ2) is 5.66. The second-order valence-electron chi connectivity index (χ2n) is 5.62. The lowest BCUT2D eigenvalue weighted by atomic mass is 9.89. The van der Waals surface area contributed by atoms with E-state index in [9.17, 15) is 4.39 Å². The Morgan fingerprint density at radius 3 is 2.67 bits per heavy atom. The van der Waals surface area contributed by atoms with E-state index in [1.807, 2.05) is 18.2 Å². The Hall–Kier alpha value is -1.58. The summed E-state index contributed by atoms with van der Waals surface area (Å²) in [7, 11) is 0. The van der Waals surface area contributed by atoms with Gasteiger partial charge in [0.25, 0.3) is 0 Å². The van der Waals surface area contributed by atoms with Crippen molar-refractivity contribution in [2.75, 3.05) is 24.5 Å². The number of hydrogen-bond acceptors (Lipinski definition) is 2. The van der Waals surface area contributed by atoms with Crippen LogP contribution in [0.5, 0.6) is 0 Å². The summed E-state index contributed by atoms with van der Waals surface area (Å²) < 4.78 is 14.2.